The summed E-state index contributed by atoms with van der Waals surface area (Å²) in [5, 5.41) is 13.1. The van der Waals surface area contributed by atoms with Gasteiger partial charge in [0, 0.05) is 12.7 Å². The molecule has 0 saturated heterocycles. The molecule has 0 unspecified atom stereocenters. The highest BCUT2D eigenvalue weighted by atomic mass is 19.4. The summed E-state index contributed by atoms with van der Waals surface area (Å²) in [5.74, 6) is -0.0995. The van der Waals surface area contributed by atoms with Crippen LogP contribution in [0.5, 0.6) is 0 Å². The average Bonchev–Trinajstić information content (AvgIpc) is 2.61. The Balaban J connectivity index is 1.99. The molecule has 1 aliphatic carbocycles. The molecule has 1 aromatic heterocycles. The van der Waals surface area contributed by atoms with Crippen molar-refractivity contribution < 1.29 is 18.3 Å². The van der Waals surface area contributed by atoms with Crippen molar-refractivity contribution in [2.45, 2.75) is 50.3 Å². The maximum atomic E-state index is 12.5. The highest BCUT2D eigenvalue weighted by molar-refractivity contribution is 5.26. The molecule has 2 N–H and O–H groups in total. The molecule has 0 radical (unpaired) electrons. The Morgan fingerprint density at radius 2 is 1.85 bits per heavy atom. The second-order valence-electron chi connectivity index (χ2n) is 5.26. The molecule has 2 rings (SSSR count). The van der Waals surface area contributed by atoms with E-state index in [-0.39, 0.29) is 12.5 Å². The zero-order valence-corrected chi connectivity index (χ0v) is 11.1. The monoisotopic (exact) mass is 289 g/mol. The summed E-state index contributed by atoms with van der Waals surface area (Å²) < 4.78 is 37.6. The molecule has 1 heterocycles. The summed E-state index contributed by atoms with van der Waals surface area (Å²) >= 11 is 0. The van der Waals surface area contributed by atoms with Crippen LogP contribution in [-0.4, -0.2) is 27.2 Å². The van der Waals surface area contributed by atoms with Gasteiger partial charge in [-0.15, -0.1) is 0 Å². The number of alkyl halides is 3. The van der Waals surface area contributed by atoms with Crippen LogP contribution in [0.4, 0.5) is 19.1 Å². The van der Waals surface area contributed by atoms with Gasteiger partial charge < -0.3 is 10.4 Å². The molecule has 1 saturated carbocycles. The molecule has 0 amide bonds. The Bertz CT molecular complexity index is 443. The third-order valence-corrected chi connectivity index (χ3v) is 3.56. The zero-order valence-electron chi connectivity index (χ0n) is 11.1. The van der Waals surface area contributed by atoms with Gasteiger partial charge in [-0.3, -0.25) is 0 Å². The van der Waals surface area contributed by atoms with E-state index in [1.54, 1.807) is 0 Å². The van der Waals surface area contributed by atoms with Crippen molar-refractivity contribution in [3.05, 3.63) is 18.0 Å². The summed E-state index contributed by atoms with van der Waals surface area (Å²) in [6.07, 6.45) is 1.92. The Morgan fingerprint density at radius 3 is 2.45 bits per heavy atom. The number of hydrogen-bond acceptors (Lipinski definition) is 4. The fraction of sp³-hybridized carbons (Fsp3) is 0.692. The molecule has 112 valence electrons. The lowest BCUT2D eigenvalue weighted by atomic mass is 9.95. The number of nitrogens with zero attached hydrogens (tertiary/aromatic N) is 2. The Hall–Kier alpha value is -1.37. The van der Waals surface area contributed by atoms with Crippen LogP contribution in [0, 0.1) is 0 Å². The van der Waals surface area contributed by atoms with E-state index in [1.165, 1.54) is 0 Å². The predicted octanol–water partition coefficient (Wildman–Crippen LogP) is 2.99. The second kappa shape index (κ2) is 5.95. The molecule has 1 aliphatic rings. The summed E-state index contributed by atoms with van der Waals surface area (Å²) in [4.78, 5) is 7.18. The van der Waals surface area contributed by atoms with Crippen LogP contribution in [0.25, 0.3) is 0 Å². The van der Waals surface area contributed by atoms with Crippen molar-refractivity contribution in [3.63, 3.8) is 0 Å². The number of halogens is 3. The van der Waals surface area contributed by atoms with Gasteiger partial charge in [0.1, 0.15) is 5.69 Å². The first-order valence-corrected chi connectivity index (χ1v) is 6.76. The van der Waals surface area contributed by atoms with E-state index in [2.05, 4.69) is 15.3 Å². The molecular formula is C13H18F3N3O. The van der Waals surface area contributed by atoms with Crippen LogP contribution in [0.15, 0.2) is 12.3 Å². The van der Waals surface area contributed by atoms with Gasteiger partial charge in [0.25, 0.3) is 0 Å². The molecule has 1 fully saturated rings. The lowest BCUT2D eigenvalue weighted by Crippen LogP contribution is -2.36. The first kappa shape index (κ1) is 15.0. The highest BCUT2D eigenvalue weighted by Crippen LogP contribution is 2.29. The van der Waals surface area contributed by atoms with Gasteiger partial charge in [0.05, 0.1) is 5.60 Å². The van der Waals surface area contributed by atoms with Gasteiger partial charge in [-0.25, -0.2) is 9.97 Å². The minimum Gasteiger partial charge on any atom is -0.388 e. The van der Waals surface area contributed by atoms with Gasteiger partial charge in [0.15, 0.2) is 0 Å². The van der Waals surface area contributed by atoms with Crippen LogP contribution in [0.2, 0.25) is 0 Å². The van der Waals surface area contributed by atoms with Crippen molar-refractivity contribution in [3.8, 4) is 0 Å². The lowest BCUT2D eigenvalue weighted by Gasteiger charge is -2.26. The molecule has 1 aromatic rings. The SMILES string of the molecule is OC1(CNc2nccc(C(F)(F)F)n2)CCCCCC1. The van der Waals surface area contributed by atoms with Crippen molar-refractivity contribution >= 4 is 5.95 Å². The molecule has 0 atom stereocenters. The third-order valence-electron chi connectivity index (χ3n) is 3.56. The van der Waals surface area contributed by atoms with Crippen molar-refractivity contribution in [2.24, 2.45) is 0 Å². The van der Waals surface area contributed by atoms with Gasteiger partial charge in [0.2, 0.25) is 5.95 Å². The number of anilines is 1. The number of hydrogen-bond donors (Lipinski definition) is 2. The van der Waals surface area contributed by atoms with Crippen LogP contribution in [0.3, 0.4) is 0 Å². The minimum absolute atomic E-state index is 0.0995. The van der Waals surface area contributed by atoms with E-state index in [0.717, 1.165) is 37.9 Å². The maximum Gasteiger partial charge on any atom is 0.433 e. The van der Waals surface area contributed by atoms with E-state index < -0.39 is 17.5 Å². The number of nitrogens with one attached hydrogen (secondary N) is 1. The van der Waals surface area contributed by atoms with E-state index in [0.29, 0.717) is 12.8 Å². The fourth-order valence-electron chi connectivity index (χ4n) is 2.41. The summed E-state index contributed by atoms with van der Waals surface area (Å²) in [6, 6.07) is 0.825. The van der Waals surface area contributed by atoms with E-state index >= 15 is 0 Å². The van der Waals surface area contributed by atoms with E-state index in [4.69, 9.17) is 0 Å². The Kier molecular flexibility index (Phi) is 4.47. The zero-order chi connectivity index (χ0) is 14.6. The first-order valence-electron chi connectivity index (χ1n) is 6.76. The van der Waals surface area contributed by atoms with E-state index in [9.17, 15) is 18.3 Å². The predicted molar refractivity (Wildman–Crippen MR) is 68.2 cm³/mol. The normalized spacial score (nSPS) is 19.4. The quantitative estimate of drug-likeness (QED) is 0.840. The van der Waals surface area contributed by atoms with Crippen molar-refractivity contribution in [1.29, 1.82) is 0 Å². The third kappa shape index (κ3) is 4.06. The molecule has 0 aliphatic heterocycles. The Labute approximate surface area is 115 Å². The topological polar surface area (TPSA) is 58.0 Å². The summed E-state index contributed by atoms with van der Waals surface area (Å²) in [5.41, 5.74) is -1.86. The maximum absolute atomic E-state index is 12.5. The summed E-state index contributed by atoms with van der Waals surface area (Å²) in [7, 11) is 0. The number of rotatable bonds is 3. The lowest BCUT2D eigenvalue weighted by molar-refractivity contribution is -0.141. The molecule has 0 aromatic carbocycles. The molecular weight excluding hydrogens is 271 g/mol. The standard InChI is InChI=1S/C13H18F3N3O/c14-13(15,16)10-5-8-17-11(19-10)18-9-12(20)6-3-1-2-4-7-12/h5,8,20H,1-4,6-7,9H2,(H,17,18,19). The molecule has 4 nitrogen and oxygen atoms in total. The van der Waals surface area contributed by atoms with Crippen LogP contribution in [0.1, 0.15) is 44.2 Å². The molecule has 7 heteroatoms. The van der Waals surface area contributed by atoms with Crippen LogP contribution in [-0.2, 0) is 6.18 Å². The van der Waals surface area contributed by atoms with Crippen LogP contribution >= 0.6 is 0 Å². The average molecular weight is 289 g/mol. The van der Waals surface area contributed by atoms with Crippen molar-refractivity contribution in [1.82, 2.24) is 9.97 Å². The number of aromatic nitrogens is 2. The van der Waals surface area contributed by atoms with Gasteiger partial charge in [-0.1, -0.05) is 25.7 Å². The smallest absolute Gasteiger partial charge is 0.388 e. The Morgan fingerprint density at radius 1 is 1.20 bits per heavy atom. The fourth-order valence-corrected chi connectivity index (χ4v) is 2.41. The van der Waals surface area contributed by atoms with Crippen molar-refractivity contribution in [2.75, 3.05) is 11.9 Å². The molecule has 0 spiro atoms. The summed E-state index contributed by atoms with van der Waals surface area (Å²) in [6.45, 7) is 0.175. The van der Waals surface area contributed by atoms with E-state index in [1.807, 2.05) is 0 Å². The van der Waals surface area contributed by atoms with Gasteiger partial charge in [-0.05, 0) is 18.9 Å². The van der Waals surface area contributed by atoms with Gasteiger partial charge >= 0.3 is 6.18 Å². The van der Waals surface area contributed by atoms with Crippen LogP contribution < -0.4 is 5.32 Å². The highest BCUT2D eigenvalue weighted by Gasteiger charge is 2.33. The first-order chi connectivity index (χ1) is 9.39. The minimum atomic E-state index is -4.49. The second-order valence-corrected chi connectivity index (χ2v) is 5.26. The van der Waals surface area contributed by atoms with Gasteiger partial charge in [-0.2, -0.15) is 13.2 Å². The largest absolute Gasteiger partial charge is 0.433 e. The number of aliphatic hydroxyl groups is 1. The molecule has 0 bridgehead atoms. The molecule has 20 heavy (non-hydrogen) atoms.